The third-order valence-corrected chi connectivity index (χ3v) is 4.12. The highest BCUT2D eigenvalue weighted by Gasteiger charge is 2.43. The fraction of sp³-hybridized carbons (Fsp3) is 0.278. The molecule has 0 aliphatic carbocycles. The maximum absolute atomic E-state index is 11.7. The SMILES string of the molecule is O=C1O[C@H](Cc2cccc(O)c2)C(Cc2cccc(O)c2)[C@@H]1O. The highest BCUT2D eigenvalue weighted by atomic mass is 16.6. The summed E-state index contributed by atoms with van der Waals surface area (Å²) in [6.07, 6.45) is -0.813. The summed E-state index contributed by atoms with van der Waals surface area (Å²) in [6.45, 7) is 0. The van der Waals surface area contributed by atoms with Crippen LogP contribution in [0.15, 0.2) is 48.5 Å². The molecule has 23 heavy (non-hydrogen) atoms. The van der Waals surface area contributed by atoms with Crippen molar-refractivity contribution in [1.29, 1.82) is 0 Å². The molecule has 1 heterocycles. The number of aliphatic hydroxyl groups excluding tert-OH is 1. The maximum atomic E-state index is 11.7. The molecule has 0 radical (unpaired) electrons. The van der Waals surface area contributed by atoms with Gasteiger partial charge in [-0.05, 0) is 41.8 Å². The van der Waals surface area contributed by atoms with Gasteiger partial charge in [-0.2, -0.15) is 0 Å². The van der Waals surface area contributed by atoms with Crippen molar-refractivity contribution in [3.05, 3.63) is 59.7 Å². The Hall–Kier alpha value is -2.53. The molecule has 3 N–H and O–H groups in total. The van der Waals surface area contributed by atoms with E-state index in [0.29, 0.717) is 12.8 Å². The molecule has 3 rings (SSSR count). The van der Waals surface area contributed by atoms with Crippen molar-refractivity contribution in [2.24, 2.45) is 5.92 Å². The molecular formula is C18H18O5. The Kier molecular flexibility index (Phi) is 4.21. The van der Waals surface area contributed by atoms with Crippen molar-refractivity contribution in [3.63, 3.8) is 0 Å². The zero-order valence-corrected chi connectivity index (χ0v) is 12.4. The molecule has 0 saturated carbocycles. The van der Waals surface area contributed by atoms with Gasteiger partial charge in [0.25, 0.3) is 0 Å². The van der Waals surface area contributed by atoms with E-state index in [1.54, 1.807) is 36.4 Å². The van der Waals surface area contributed by atoms with E-state index in [4.69, 9.17) is 4.74 Å². The van der Waals surface area contributed by atoms with Crippen molar-refractivity contribution >= 4 is 5.97 Å². The highest BCUT2D eigenvalue weighted by molar-refractivity contribution is 5.77. The maximum Gasteiger partial charge on any atom is 0.335 e. The number of esters is 1. The Balaban J connectivity index is 1.79. The summed E-state index contributed by atoms with van der Waals surface area (Å²) in [5.41, 5.74) is 1.66. The van der Waals surface area contributed by atoms with Gasteiger partial charge >= 0.3 is 5.97 Å². The molecule has 0 amide bonds. The summed E-state index contributed by atoms with van der Waals surface area (Å²) < 4.78 is 5.30. The Labute approximate surface area is 133 Å². The molecule has 120 valence electrons. The van der Waals surface area contributed by atoms with Gasteiger partial charge in [0.15, 0.2) is 6.10 Å². The van der Waals surface area contributed by atoms with Crippen molar-refractivity contribution in [2.45, 2.75) is 25.0 Å². The molecule has 1 aliphatic rings. The van der Waals surface area contributed by atoms with Gasteiger partial charge in [-0.1, -0.05) is 24.3 Å². The van der Waals surface area contributed by atoms with Crippen LogP contribution in [0.1, 0.15) is 11.1 Å². The second kappa shape index (κ2) is 6.30. The third kappa shape index (κ3) is 3.46. The lowest BCUT2D eigenvalue weighted by Gasteiger charge is -2.19. The molecule has 0 spiro atoms. The minimum atomic E-state index is -1.18. The van der Waals surface area contributed by atoms with Gasteiger partial charge in [-0.25, -0.2) is 4.79 Å². The molecule has 1 saturated heterocycles. The van der Waals surface area contributed by atoms with Crippen LogP contribution in [-0.4, -0.2) is 33.5 Å². The van der Waals surface area contributed by atoms with Crippen molar-refractivity contribution in [1.82, 2.24) is 0 Å². The minimum Gasteiger partial charge on any atom is -0.508 e. The number of ether oxygens (including phenoxy) is 1. The Morgan fingerprint density at radius 2 is 1.48 bits per heavy atom. The summed E-state index contributed by atoms with van der Waals surface area (Å²) in [6, 6.07) is 13.5. The first kappa shape index (κ1) is 15.4. The van der Waals surface area contributed by atoms with E-state index in [0.717, 1.165) is 11.1 Å². The number of phenols is 2. The van der Waals surface area contributed by atoms with E-state index >= 15 is 0 Å². The number of hydrogen-bond donors (Lipinski definition) is 3. The monoisotopic (exact) mass is 314 g/mol. The number of phenolic OH excluding ortho intramolecular Hbond substituents is 2. The van der Waals surface area contributed by atoms with Crippen molar-refractivity contribution in [3.8, 4) is 11.5 Å². The summed E-state index contributed by atoms with van der Waals surface area (Å²) >= 11 is 0. The van der Waals surface area contributed by atoms with E-state index in [-0.39, 0.29) is 11.5 Å². The van der Waals surface area contributed by atoms with Gasteiger partial charge in [-0.15, -0.1) is 0 Å². The number of carbonyl (C=O) groups excluding carboxylic acids is 1. The van der Waals surface area contributed by atoms with E-state index in [2.05, 4.69) is 0 Å². The van der Waals surface area contributed by atoms with Crippen LogP contribution in [0.25, 0.3) is 0 Å². The number of benzene rings is 2. The number of carbonyl (C=O) groups is 1. The van der Waals surface area contributed by atoms with Crippen LogP contribution in [0.5, 0.6) is 11.5 Å². The largest absolute Gasteiger partial charge is 0.508 e. The predicted molar refractivity (Wildman–Crippen MR) is 83.0 cm³/mol. The molecule has 1 unspecified atom stereocenters. The van der Waals surface area contributed by atoms with E-state index in [1.165, 1.54) is 0 Å². The van der Waals surface area contributed by atoms with Crippen LogP contribution >= 0.6 is 0 Å². The van der Waals surface area contributed by atoms with Crippen LogP contribution < -0.4 is 0 Å². The van der Waals surface area contributed by atoms with Gasteiger partial charge in [0.1, 0.15) is 17.6 Å². The van der Waals surface area contributed by atoms with Crippen LogP contribution in [0, 0.1) is 5.92 Å². The van der Waals surface area contributed by atoms with Crippen LogP contribution in [0.4, 0.5) is 0 Å². The minimum absolute atomic E-state index is 0.145. The van der Waals surface area contributed by atoms with Gasteiger partial charge in [-0.3, -0.25) is 0 Å². The highest BCUT2D eigenvalue weighted by Crippen LogP contribution is 2.30. The van der Waals surface area contributed by atoms with E-state index < -0.39 is 24.1 Å². The molecule has 0 bridgehead atoms. The van der Waals surface area contributed by atoms with Gasteiger partial charge in [0.05, 0.1) is 0 Å². The molecule has 0 aromatic heterocycles. The van der Waals surface area contributed by atoms with Crippen LogP contribution in [0.2, 0.25) is 0 Å². The van der Waals surface area contributed by atoms with E-state index in [1.807, 2.05) is 12.1 Å². The van der Waals surface area contributed by atoms with E-state index in [9.17, 15) is 20.1 Å². The fourth-order valence-corrected chi connectivity index (χ4v) is 2.99. The summed E-state index contributed by atoms with van der Waals surface area (Å²) in [5, 5.41) is 29.2. The lowest BCUT2D eigenvalue weighted by Crippen LogP contribution is -2.28. The molecule has 1 fully saturated rings. The Bertz CT molecular complexity index is 712. The summed E-state index contributed by atoms with van der Waals surface area (Å²) in [7, 11) is 0. The zero-order chi connectivity index (χ0) is 16.4. The van der Waals surface area contributed by atoms with Crippen molar-refractivity contribution < 1.29 is 24.9 Å². The molecule has 2 aromatic carbocycles. The van der Waals surface area contributed by atoms with Crippen LogP contribution in [0.3, 0.4) is 0 Å². The standard InChI is InChI=1S/C18H18O5/c19-13-5-1-3-11(7-13)9-15-16(23-18(22)17(15)21)10-12-4-2-6-14(20)8-12/h1-8,15-17,19-21H,9-10H2/t15?,16-,17+/m1/s1. The Morgan fingerprint density at radius 1 is 0.913 bits per heavy atom. The average Bonchev–Trinajstić information content (AvgIpc) is 2.75. The van der Waals surface area contributed by atoms with Gasteiger partial charge in [0.2, 0.25) is 0 Å². The lowest BCUT2D eigenvalue weighted by molar-refractivity contribution is -0.147. The zero-order valence-electron chi connectivity index (χ0n) is 12.4. The Morgan fingerprint density at radius 3 is 2.04 bits per heavy atom. The molecule has 5 nitrogen and oxygen atoms in total. The topological polar surface area (TPSA) is 87.0 Å². The fourth-order valence-electron chi connectivity index (χ4n) is 2.99. The summed E-state index contributed by atoms with van der Waals surface area (Å²) in [5.74, 6) is -0.726. The van der Waals surface area contributed by atoms with Gasteiger partial charge < -0.3 is 20.1 Å². The van der Waals surface area contributed by atoms with Gasteiger partial charge in [0, 0.05) is 12.3 Å². The van der Waals surface area contributed by atoms with Crippen molar-refractivity contribution in [2.75, 3.05) is 0 Å². The first-order valence-electron chi connectivity index (χ1n) is 7.47. The number of aliphatic hydroxyl groups is 1. The number of cyclic esters (lactones) is 1. The second-order valence-corrected chi connectivity index (χ2v) is 5.83. The smallest absolute Gasteiger partial charge is 0.335 e. The molecule has 5 heteroatoms. The first-order chi connectivity index (χ1) is 11.0. The van der Waals surface area contributed by atoms with Crippen LogP contribution in [-0.2, 0) is 22.4 Å². The molecular weight excluding hydrogens is 296 g/mol. The summed E-state index contributed by atoms with van der Waals surface area (Å²) in [4.78, 5) is 11.7. The predicted octanol–water partition coefficient (Wildman–Crippen LogP) is 1.79. The average molecular weight is 314 g/mol. The normalized spacial score (nSPS) is 23.7. The molecule has 1 aliphatic heterocycles. The quantitative estimate of drug-likeness (QED) is 0.749. The third-order valence-electron chi connectivity index (χ3n) is 4.12. The lowest BCUT2D eigenvalue weighted by atomic mass is 9.88. The molecule has 3 atom stereocenters. The number of aromatic hydroxyl groups is 2. The number of rotatable bonds is 4. The molecule has 2 aromatic rings. The number of hydrogen-bond acceptors (Lipinski definition) is 5. The first-order valence-corrected chi connectivity index (χ1v) is 7.47. The second-order valence-electron chi connectivity index (χ2n) is 5.83.